The van der Waals surface area contributed by atoms with Crippen molar-refractivity contribution in [3.63, 3.8) is 0 Å². The number of aliphatic carboxylic acids is 1. The molecule has 0 aliphatic heterocycles. The molecule has 22 heavy (non-hydrogen) atoms. The van der Waals surface area contributed by atoms with Crippen molar-refractivity contribution in [2.75, 3.05) is 6.61 Å². The number of hydrogen-bond acceptors (Lipinski definition) is 6. The van der Waals surface area contributed by atoms with E-state index in [4.69, 9.17) is 17.7 Å². The Morgan fingerprint density at radius 3 is 2.45 bits per heavy atom. The molecule has 8 nitrogen and oxygen atoms in total. The predicted molar refractivity (Wildman–Crippen MR) is 75.2 cm³/mol. The summed E-state index contributed by atoms with van der Waals surface area (Å²) in [5.74, 6) is -4.21. The molecule has 1 amide bonds. The van der Waals surface area contributed by atoms with Crippen LogP contribution >= 0.6 is 0 Å². The van der Waals surface area contributed by atoms with Crippen LogP contribution in [0.15, 0.2) is 0 Å². The Bertz CT molecular complexity index is 431. The maximum absolute atomic E-state index is 11.3. The summed E-state index contributed by atoms with van der Waals surface area (Å²) < 4.78 is 4.92. The molecule has 2 radical (unpaired) electrons. The van der Waals surface area contributed by atoms with E-state index in [1.165, 1.54) is 6.92 Å². The lowest BCUT2D eigenvalue weighted by Crippen LogP contribution is -2.51. The van der Waals surface area contributed by atoms with Gasteiger partial charge in [0.2, 0.25) is 19.6 Å². The third kappa shape index (κ3) is 4.70. The molecule has 1 rings (SSSR count). The predicted octanol–water partition coefficient (Wildman–Crippen LogP) is -0.981. The fraction of sp³-hybridized carbons (Fsp3) is 0.769. The summed E-state index contributed by atoms with van der Waals surface area (Å²) in [6, 6.07) is -0.835. The topological polar surface area (TPSA) is 133 Å². The Morgan fingerprint density at radius 1 is 1.36 bits per heavy atom. The van der Waals surface area contributed by atoms with Crippen LogP contribution in [0, 0.1) is 11.8 Å². The molecule has 1 aliphatic carbocycles. The Hall–Kier alpha value is -1.61. The molecule has 0 aromatic carbocycles. The summed E-state index contributed by atoms with van der Waals surface area (Å²) in [5, 5.41) is 30.8. The quantitative estimate of drug-likeness (QED) is 0.444. The number of rotatable bonds is 7. The molecule has 0 unspecified atom stereocenters. The van der Waals surface area contributed by atoms with Gasteiger partial charge in [-0.2, -0.15) is 0 Å². The lowest BCUT2D eigenvalue weighted by atomic mass is 9.88. The minimum Gasteiger partial charge on any atom is -0.481 e. The van der Waals surface area contributed by atoms with Crippen LogP contribution in [0.25, 0.3) is 0 Å². The van der Waals surface area contributed by atoms with E-state index in [2.05, 4.69) is 5.32 Å². The van der Waals surface area contributed by atoms with Crippen molar-refractivity contribution >= 4 is 25.6 Å². The van der Waals surface area contributed by atoms with Crippen LogP contribution in [0.3, 0.4) is 0 Å². The molecule has 1 fully saturated rings. The summed E-state index contributed by atoms with van der Waals surface area (Å²) in [7, 11) is 4.99. The van der Waals surface area contributed by atoms with Gasteiger partial charge in [0.25, 0.3) is 0 Å². The molecule has 1 saturated carbocycles. The van der Waals surface area contributed by atoms with Crippen LogP contribution < -0.4 is 5.32 Å². The molecule has 4 N–H and O–H groups in total. The first-order chi connectivity index (χ1) is 10.3. The van der Waals surface area contributed by atoms with Gasteiger partial charge in [-0.25, -0.2) is 0 Å². The number of hydrogen-bond donors (Lipinski definition) is 4. The van der Waals surface area contributed by atoms with Gasteiger partial charge in [0.1, 0.15) is 6.10 Å². The van der Waals surface area contributed by atoms with Gasteiger partial charge in [0, 0.05) is 19.4 Å². The van der Waals surface area contributed by atoms with Crippen molar-refractivity contribution in [2.45, 2.75) is 44.4 Å². The summed E-state index contributed by atoms with van der Waals surface area (Å²) in [6.07, 6.45) is -1.56. The normalized spacial score (nSPS) is 27.0. The minimum absolute atomic E-state index is 0.00246. The zero-order valence-electron chi connectivity index (χ0n) is 12.3. The first-order valence-electron chi connectivity index (χ1n) is 7.02. The number of carboxylic acid groups (broad SMARTS) is 1. The van der Waals surface area contributed by atoms with Gasteiger partial charge in [-0.3, -0.25) is 14.4 Å². The van der Waals surface area contributed by atoms with Crippen LogP contribution in [0.1, 0.15) is 26.2 Å². The standard InChI is InChI=1S/C13H20BNO7/c1-6(17)15-10(9(18)4-5-16)7-2-3-8(12(19)20)11(7)22-13(14)21/h7-11,16,18H,2-5H2,1H3,(H,15,17)(H,19,20)/t7-,8+,9+,10+,11+/m1/s1. The molecular formula is C13H20BNO7. The molecule has 122 valence electrons. The average molecular weight is 313 g/mol. The highest BCUT2D eigenvalue weighted by molar-refractivity contribution is 6.55. The highest BCUT2D eigenvalue weighted by Gasteiger charge is 2.47. The minimum atomic E-state index is -1.13. The molecule has 0 saturated heterocycles. The molecule has 0 spiro atoms. The van der Waals surface area contributed by atoms with E-state index in [1.54, 1.807) is 0 Å². The fourth-order valence-corrected chi connectivity index (χ4v) is 2.99. The fourth-order valence-electron chi connectivity index (χ4n) is 2.99. The summed E-state index contributed by atoms with van der Waals surface area (Å²) in [4.78, 5) is 33.6. The van der Waals surface area contributed by atoms with E-state index in [0.29, 0.717) is 6.42 Å². The molecule has 0 aromatic rings. The van der Waals surface area contributed by atoms with E-state index < -0.39 is 47.8 Å². The van der Waals surface area contributed by atoms with Crippen molar-refractivity contribution in [3.8, 4) is 0 Å². The zero-order chi connectivity index (χ0) is 16.9. The Labute approximate surface area is 129 Å². The second kappa shape index (κ2) is 8.14. The van der Waals surface area contributed by atoms with E-state index in [0.717, 1.165) is 0 Å². The molecule has 9 heteroatoms. The number of aliphatic hydroxyl groups excluding tert-OH is 2. The number of nitrogens with one attached hydrogen (secondary N) is 1. The molecule has 5 atom stereocenters. The number of carbonyl (C=O) groups is 3. The maximum Gasteiger partial charge on any atom is 0.310 e. The number of ether oxygens (including phenoxy) is 1. The van der Waals surface area contributed by atoms with Gasteiger partial charge in [0.15, 0.2) is 0 Å². The van der Waals surface area contributed by atoms with Crippen LogP contribution in [-0.4, -0.2) is 65.8 Å². The maximum atomic E-state index is 11.3. The van der Waals surface area contributed by atoms with Gasteiger partial charge < -0.3 is 25.4 Å². The lowest BCUT2D eigenvalue weighted by Gasteiger charge is -2.33. The highest BCUT2D eigenvalue weighted by Crippen LogP contribution is 2.37. The summed E-state index contributed by atoms with van der Waals surface area (Å²) in [5.41, 5.74) is 0. The van der Waals surface area contributed by atoms with Gasteiger partial charge in [-0.15, -0.1) is 0 Å². The van der Waals surface area contributed by atoms with E-state index >= 15 is 0 Å². The molecule has 0 aromatic heterocycles. The smallest absolute Gasteiger partial charge is 0.310 e. The Kier molecular flexibility index (Phi) is 6.82. The third-order valence-corrected chi connectivity index (χ3v) is 3.87. The molecule has 0 bridgehead atoms. The first-order valence-corrected chi connectivity index (χ1v) is 7.02. The van der Waals surface area contributed by atoms with Crippen molar-refractivity contribution in [1.82, 2.24) is 5.32 Å². The second-order valence-corrected chi connectivity index (χ2v) is 5.39. The van der Waals surface area contributed by atoms with Crippen molar-refractivity contribution in [3.05, 3.63) is 0 Å². The number of aliphatic hydroxyl groups is 2. The van der Waals surface area contributed by atoms with Gasteiger partial charge >= 0.3 is 5.97 Å². The van der Waals surface area contributed by atoms with Crippen molar-refractivity contribution in [1.29, 1.82) is 0 Å². The van der Waals surface area contributed by atoms with Gasteiger partial charge in [-0.1, -0.05) is 0 Å². The van der Waals surface area contributed by atoms with Gasteiger partial charge in [-0.05, 0) is 19.3 Å². The van der Waals surface area contributed by atoms with Crippen LogP contribution in [-0.2, 0) is 14.3 Å². The number of carboxylic acids is 1. The Morgan fingerprint density at radius 2 is 2.00 bits per heavy atom. The first kappa shape index (κ1) is 18.4. The number of amides is 1. The van der Waals surface area contributed by atoms with Gasteiger partial charge in [0.05, 0.1) is 18.1 Å². The zero-order valence-corrected chi connectivity index (χ0v) is 12.3. The highest BCUT2D eigenvalue weighted by atomic mass is 16.5. The largest absolute Gasteiger partial charge is 0.481 e. The molecule has 1 aliphatic rings. The molecule has 0 heterocycles. The number of carbonyl (C=O) groups excluding carboxylic acids is 2. The van der Waals surface area contributed by atoms with Crippen LogP contribution in [0.2, 0.25) is 0 Å². The second-order valence-electron chi connectivity index (χ2n) is 5.39. The van der Waals surface area contributed by atoms with Crippen molar-refractivity contribution < 1.29 is 34.4 Å². The molecular weight excluding hydrogens is 293 g/mol. The summed E-state index contributed by atoms with van der Waals surface area (Å²) >= 11 is 0. The van der Waals surface area contributed by atoms with Crippen LogP contribution in [0.4, 0.5) is 4.79 Å². The lowest BCUT2D eigenvalue weighted by molar-refractivity contribution is -0.145. The monoisotopic (exact) mass is 313 g/mol. The van der Waals surface area contributed by atoms with E-state index in [1.807, 2.05) is 0 Å². The third-order valence-electron chi connectivity index (χ3n) is 3.87. The Balaban J connectivity index is 3.01. The SMILES string of the molecule is [B]C(=O)O[C@H]1[C@@H]([C@H](NC(C)=O)[C@@H](O)CCO)CC[C@@H]1C(=O)O. The average Bonchev–Trinajstić information content (AvgIpc) is 2.78. The summed E-state index contributed by atoms with van der Waals surface area (Å²) in [6.45, 7) is 0.958. The van der Waals surface area contributed by atoms with Crippen molar-refractivity contribution in [2.24, 2.45) is 11.8 Å². The van der Waals surface area contributed by atoms with Crippen LogP contribution in [0.5, 0.6) is 0 Å². The van der Waals surface area contributed by atoms with E-state index in [-0.39, 0.29) is 19.4 Å². The van der Waals surface area contributed by atoms with E-state index in [9.17, 15) is 24.6 Å².